The fourth-order valence-corrected chi connectivity index (χ4v) is 2.29. The number of thiocarbonyl (C=S) groups is 1. The average molecular weight is 172 g/mol. The van der Waals surface area contributed by atoms with E-state index < -0.39 is 0 Å². The zero-order chi connectivity index (χ0) is 7.84. The highest BCUT2D eigenvalue weighted by Crippen LogP contribution is 2.27. The Morgan fingerprint density at radius 1 is 1.36 bits per heavy atom. The fraction of sp³-hybridized carbons (Fsp3) is 0.857. The van der Waals surface area contributed by atoms with Gasteiger partial charge in [0.15, 0.2) is 5.11 Å². The van der Waals surface area contributed by atoms with Gasteiger partial charge in [-0.3, -0.25) is 0 Å². The monoisotopic (exact) mass is 172 g/mol. The van der Waals surface area contributed by atoms with E-state index in [1.807, 2.05) is 0 Å². The van der Waals surface area contributed by atoms with E-state index in [0.717, 1.165) is 13.2 Å². The van der Waals surface area contributed by atoms with Gasteiger partial charge >= 0.3 is 0 Å². The molecule has 2 saturated heterocycles. The Morgan fingerprint density at radius 3 is 2.27 bits per heavy atom. The first-order chi connectivity index (χ1) is 5.29. The quantitative estimate of drug-likeness (QED) is 0.526. The smallest absolute Gasteiger partial charge is 0.166 e. The van der Waals surface area contributed by atoms with Crippen LogP contribution >= 0.6 is 12.2 Å². The Morgan fingerprint density at radius 2 is 1.91 bits per heavy atom. The SMILES string of the molecule is NC(=S)N1C2CCC1COC2. The molecule has 0 aromatic heterocycles. The summed E-state index contributed by atoms with van der Waals surface area (Å²) in [5.41, 5.74) is 5.59. The van der Waals surface area contributed by atoms with Crippen LogP contribution < -0.4 is 5.73 Å². The highest BCUT2D eigenvalue weighted by Gasteiger charge is 2.37. The Bertz CT molecular complexity index is 169. The maximum absolute atomic E-state index is 5.59. The third kappa shape index (κ3) is 1.10. The van der Waals surface area contributed by atoms with Crippen molar-refractivity contribution in [1.29, 1.82) is 0 Å². The van der Waals surface area contributed by atoms with Crippen LogP contribution in [0.3, 0.4) is 0 Å². The number of nitrogens with two attached hydrogens (primary N) is 1. The zero-order valence-corrected chi connectivity index (χ0v) is 7.14. The molecule has 0 spiro atoms. The van der Waals surface area contributed by atoms with Gasteiger partial charge in [0.1, 0.15) is 0 Å². The van der Waals surface area contributed by atoms with Crippen LogP contribution in [0.15, 0.2) is 0 Å². The summed E-state index contributed by atoms with van der Waals surface area (Å²) in [5, 5.41) is 0.542. The first-order valence-corrected chi connectivity index (χ1v) is 4.35. The van der Waals surface area contributed by atoms with Crippen molar-refractivity contribution < 1.29 is 4.74 Å². The van der Waals surface area contributed by atoms with Gasteiger partial charge in [-0.25, -0.2) is 0 Å². The Kier molecular flexibility index (Phi) is 1.73. The van der Waals surface area contributed by atoms with E-state index in [0.29, 0.717) is 17.2 Å². The molecule has 2 atom stereocenters. The number of rotatable bonds is 0. The predicted molar refractivity (Wildman–Crippen MR) is 46.3 cm³/mol. The minimum Gasteiger partial charge on any atom is -0.377 e. The molecule has 62 valence electrons. The Labute approximate surface area is 71.5 Å². The van der Waals surface area contributed by atoms with E-state index in [1.165, 1.54) is 12.8 Å². The van der Waals surface area contributed by atoms with Crippen LogP contribution in [-0.2, 0) is 4.74 Å². The number of ether oxygens (including phenoxy) is 1. The van der Waals surface area contributed by atoms with Crippen molar-refractivity contribution in [2.45, 2.75) is 24.9 Å². The molecule has 0 aromatic rings. The molecule has 2 aliphatic heterocycles. The summed E-state index contributed by atoms with van der Waals surface area (Å²) in [5.74, 6) is 0. The van der Waals surface area contributed by atoms with Crippen molar-refractivity contribution in [3.63, 3.8) is 0 Å². The molecule has 2 aliphatic rings. The molecule has 0 radical (unpaired) electrons. The van der Waals surface area contributed by atoms with Gasteiger partial charge in [-0.1, -0.05) is 0 Å². The minimum atomic E-state index is 0.464. The number of hydrogen-bond acceptors (Lipinski definition) is 2. The minimum absolute atomic E-state index is 0.464. The fourth-order valence-electron chi connectivity index (χ4n) is 1.99. The Balaban J connectivity index is 2.15. The number of morpholine rings is 1. The number of hydrogen-bond donors (Lipinski definition) is 1. The lowest BCUT2D eigenvalue weighted by Gasteiger charge is -2.34. The van der Waals surface area contributed by atoms with Crippen molar-refractivity contribution in [3.8, 4) is 0 Å². The molecule has 2 unspecified atom stereocenters. The van der Waals surface area contributed by atoms with Gasteiger partial charge in [0, 0.05) is 0 Å². The summed E-state index contributed by atoms with van der Waals surface area (Å²) in [4.78, 5) is 2.14. The first kappa shape index (κ1) is 7.31. The maximum Gasteiger partial charge on any atom is 0.166 e. The third-order valence-corrected chi connectivity index (χ3v) is 2.71. The van der Waals surface area contributed by atoms with E-state index >= 15 is 0 Å². The predicted octanol–water partition coefficient (Wildman–Crippen LogP) is 0.0932. The van der Waals surface area contributed by atoms with Crippen LogP contribution in [-0.4, -0.2) is 35.3 Å². The third-order valence-electron chi connectivity index (χ3n) is 2.49. The van der Waals surface area contributed by atoms with Crippen LogP contribution in [0.1, 0.15) is 12.8 Å². The summed E-state index contributed by atoms with van der Waals surface area (Å²) >= 11 is 4.96. The van der Waals surface area contributed by atoms with Crippen LogP contribution in [0.2, 0.25) is 0 Å². The topological polar surface area (TPSA) is 38.5 Å². The summed E-state index contributed by atoms with van der Waals surface area (Å²) in [6.07, 6.45) is 2.37. The molecule has 11 heavy (non-hydrogen) atoms. The summed E-state index contributed by atoms with van der Waals surface area (Å²) in [7, 11) is 0. The van der Waals surface area contributed by atoms with E-state index in [4.69, 9.17) is 22.7 Å². The first-order valence-electron chi connectivity index (χ1n) is 3.94. The molecule has 0 aliphatic carbocycles. The lowest BCUT2D eigenvalue weighted by molar-refractivity contribution is 0.0211. The lowest BCUT2D eigenvalue weighted by atomic mass is 10.2. The van der Waals surface area contributed by atoms with Crippen LogP contribution in [0.4, 0.5) is 0 Å². The molecule has 0 amide bonds. The van der Waals surface area contributed by atoms with E-state index in [9.17, 15) is 0 Å². The number of nitrogens with zero attached hydrogens (tertiary/aromatic N) is 1. The van der Waals surface area contributed by atoms with Gasteiger partial charge in [-0.05, 0) is 25.1 Å². The van der Waals surface area contributed by atoms with Crippen molar-refractivity contribution in [1.82, 2.24) is 4.90 Å². The van der Waals surface area contributed by atoms with Crippen molar-refractivity contribution in [2.24, 2.45) is 5.73 Å². The summed E-state index contributed by atoms with van der Waals surface area (Å²) < 4.78 is 5.38. The normalized spacial score (nSPS) is 35.8. The molecule has 2 heterocycles. The molecule has 2 N–H and O–H groups in total. The second-order valence-electron chi connectivity index (χ2n) is 3.17. The second kappa shape index (κ2) is 2.60. The summed E-state index contributed by atoms with van der Waals surface area (Å²) in [6.45, 7) is 1.60. The van der Waals surface area contributed by atoms with Gasteiger partial charge in [-0.15, -0.1) is 0 Å². The van der Waals surface area contributed by atoms with Crippen LogP contribution in [0, 0.1) is 0 Å². The molecule has 0 saturated carbocycles. The van der Waals surface area contributed by atoms with Crippen molar-refractivity contribution in [3.05, 3.63) is 0 Å². The highest BCUT2D eigenvalue weighted by atomic mass is 32.1. The maximum atomic E-state index is 5.59. The molecule has 0 aromatic carbocycles. The lowest BCUT2D eigenvalue weighted by Crippen LogP contribution is -2.51. The van der Waals surface area contributed by atoms with Crippen LogP contribution in [0.25, 0.3) is 0 Å². The molecule has 2 rings (SSSR count). The van der Waals surface area contributed by atoms with E-state index in [1.54, 1.807) is 0 Å². The molecule has 3 nitrogen and oxygen atoms in total. The van der Waals surface area contributed by atoms with E-state index in [-0.39, 0.29) is 0 Å². The van der Waals surface area contributed by atoms with Gasteiger partial charge in [-0.2, -0.15) is 0 Å². The average Bonchev–Trinajstić information content (AvgIpc) is 2.23. The summed E-state index contributed by atoms with van der Waals surface area (Å²) in [6, 6.07) is 0.928. The van der Waals surface area contributed by atoms with Gasteiger partial charge < -0.3 is 15.4 Å². The molecule has 4 heteroatoms. The molecule has 2 fully saturated rings. The van der Waals surface area contributed by atoms with Crippen molar-refractivity contribution in [2.75, 3.05) is 13.2 Å². The zero-order valence-electron chi connectivity index (χ0n) is 6.32. The van der Waals surface area contributed by atoms with Crippen molar-refractivity contribution >= 4 is 17.3 Å². The standard InChI is InChI=1S/C7H12N2OS/c8-7(11)9-5-1-2-6(9)4-10-3-5/h5-6H,1-4H2,(H2,8,11). The highest BCUT2D eigenvalue weighted by molar-refractivity contribution is 7.80. The molecule has 2 bridgehead atoms. The second-order valence-corrected chi connectivity index (χ2v) is 3.59. The molecular formula is C7H12N2OS. The number of fused-ring (bicyclic) bond motifs is 2. The van der Waals surface area contributed by atoms with Gasteiger partial charge in [0.25, 0.3) is 0 Å². The molecular weight excluding hydrogens is 160 g/mol. The van der Waals surface area contributed by atoms with Gasteiger partial charge in [0.05, 0.1) is 25.3 Å². The Hall–Kier alpha value is -0.350. The van der Waals surface area contributed by atoms with E-state index in [2.05, 4.69) is 4.90 Å². The van der Waals surface area contributed by atoms with Crippen LogP contribution in [0.5, 0.6) is 0 Å². The largest absolute Gasteiger partial charge is 0.377 e. The van der Waals surface area contributed by atoms with Gasteiger partial charge in [0.2, 0.25) is 0 Å².